The maximum atomic E-state index is 13.7. The zero-order chi connectivity index (χ0) is 25.2. The van der Waals surface area contributed by atoms with Gasteiger partial charge in [-0.25, -0.2) is 8.42 Å². The molecule has 0 N–H and O–H groups in total. The van der Waals surface area contributed by atoms with Crippen molar-refractivity contribution in [3.8, 4) is 11.5 Å². The second kappa shape index (κ2) is 9.63. The Hall–Kier alpha value is -4.12. The van der Waals surface area contributed by atoms with Crippen LogP contribution in [0.1, 0.15) is 16.8 Å². The van der Waals surface area contributed by atoms with E-state index >= 15 is 0 Å². The molecule has 0 atom stereocenters. The molecule has 1 heterocycles. The van der Waals surface area contributed by atoms with Crippen LogP contribution >= 0.6 is 0 Å². The highest BCUT2D eigenvalue weighted by atomic mass is 32.2. The molecule has 1 aliphatic rings. The number of anilines is 2. The number of nitro groups is 1. The zero-order valence-electron chi connectivity index (χ0n) is 19.1. The summed E-state index contributed by atoms with van der Waals surface area (Å²) in [5, 5.41) is 10.9. The number of carbonyl (C=O) groups excluding carboxylic acids is 1. The zero-order valence-corrected chi connectivity index (χ0v) is 19.9. The van der Waals surface area contributed by atoms with E-state index in [1.54, 1.807) is 24.3 Å². The van der Waals surface area contributed by atoms with E-state index in [1.165, 1.54) is 65.9 Å². The quantitative estimate of drug-likeness (QED) is 0.375. The van der Waals surface area contributed by atoms with Crippen LogP contribution < -0.4 is 18.7 Å². The molecule has 3 aromatic carbocycles. The van der Waals surface area contributed by atoms with Gasteiger partial charge in [-0.05, 0) is 42.8 Å². The number of sulfonamides is 1. The average Bonchev–Trinajstić information content (AvgIpc) is 3.08. The largest absolute Gasteiger partial charge is 0.493 e. The monoisotopic (exact) mass is 497 g/mol. The van der Waals surface area contributed by atoms with Crippen molar-refractivity contribution in [3.05, 3.63) is 82.4 Å². The summed E-state index contributed by atoms with van der Waals surface area (Å²) in [5.41, 5.74) is 0.930. The SMILES string of the molecule is COc1ccc(S(=O)(=O)N2CCCN(C(=O)c3ccc([N+](=O)[O-])cc3)c3ccccc32)cc1OC. The molecule has 0 saturated carbocycles. The van der Waals surface area contributed by atoms with Gasteiger partial charge in [-0.3, -0.25) is 19.2 Å². The molecule has 0 spiro atoms. The normalized spacial score (nSPS) is 13.5. The summed E-state index contributed by atoms with van der Waals surface area (Å²) < 4.78 is 39.1. The Morgan fingerprint density at radius 2 is 1.57 bits per heavy atom. The second-order valence-corrected chi connectivity index (χ2v) is 9.56. The van der Waals surface area contributed by atoms with Crippen LogP contribution in [0.4, 0.5) is 17.1 Å². The number of hydrogen-bond donors (Lipinski definition) is 0. The van der Waals surface area contributed by atoms with Crippen LogP contribution in [0.2, 0.25) is 0 Å². The minimum absolute atomic E-state index is 0.0279. The molecule has 0 radical (unpaired) electrons. The van der Waals surface area contributed by atoms with E-state index in [4.69, 9.17) is 9.47 Å². The Labute approximate surface area is 202 Å². The summed E-state index contributed by atoms with van der Waals surface area (Å²) in [4.78, 5) is 25.3. The first-order valence-electron chi connectivity index (χ1n) is 10.7. The van der Waals surface area contributed by atoms with E-state index < -0.39 is 14.9 Å². The Kier molecular flexibility index (Phi) is 6.61. The first-order valence-corrected chi connectivity index (χ1v) is 12.1. The molecule has 3 aromatic rings. The van der Waals surface area contributed by atoms with Crippen molar-refractivity contribution < 1.29 is 27.6 Å². The van der Waals surface area contributed by atoms with Gasteiger partial charge in [0.05, 0.1) is 35.4 Å². The number of nitrogens with zero attached hydrogens (tertiary/aromatic N) is 3. The number of ether oxygens (including phenoxy) is 2. The molecular weight excluding hydrogens is 474 g/mol. The molecule has 0 aliphatic carbocycles. The lowest BCUT2D eigenvalue weighted by atomic mass is 10.1. The smallest absolute Gasteiger partial charge is 0.269 e. The molecule has 10 nitrogen and oxygen atoms in total. The number of para-hydroxylation sites is 2. The van der Waals surface area contributed by atoms with Crippen LogP contribution in [-0.2, 0) is 10.0 Å². The van der Waals surface area contributed by atoms with Crippen molar-refractivity contribution in [1.82, 2.24) is 0 Å². The third-order valence-electron chi connectivity index (χ3n) is 5.70. The Balaban J connectivity index is 1.74. The molecule has 0 unspecified atom stereocenters. The number of rotatable bonds is 6. The molecule has 1 amide bonds. The Bertz CT molecular complexity index is 1370. The van der Waals surface area contributed by atoms with Crippen LogP contribution in [0, 0.1) is 10.1 Å². The Morgan fingerprint density at radius 3 is 2.20 bits per heavy atom. The van der Waals surface area contributed by atoms with Gasteiger partial charge in [0.1, 0.15) is 0 Å². The summed E-state index contributed by atoms with van der Waals surface area (Å²) in [6.45, 7) is 0.419. The average molecular weight is 498 g/mol. The summed E-state index contributed by atoms with van der Waals surface area (Å²) in [7, 11) is -1.11. The summed E-state index contributed by atoms with van der Waals surface area (Å²) in [5.74, 6) is 0.312. The van der Waals surface area contributed by atoms with Crippen molar-refractivity contribution in [3.63, 3.8) is 0 Å². The van der Waals surface area contributed by atoms with Gasteiger partial charge in [-0.15, -0.1) is 0 Å². The van der Waals surface area contributed by atoms with E-state index in [-0.39, 0.29) is 40.9 Å². The van der Waals surface area contributed by atoms with Gasteiger partial charge in [0, 0.05) is 36.9 Å². The lowest BCUT2D eigenvalue weighted by molar-refractivity contribution is -0.384. The van der Waals surface area contributed by atoms with Crippen molar-refractivity contribution in [2.45, 2.75) is 11.3 Å². The molecule has 0 saturated heterocycles. The van der Waals surface area contributed by atoms with Gasteiger partial charge in [0.15, 0.2) is 11.5 Å². The lowest BCUT2D eigenvalue weighted by Gasteiger charge is -2.26. The van der Waals surface area contributed by atoms with Gasteiger partial charge in [0.2, 0.25) is 0 Å². The summed E-state index contributed by atoms with van der Waals surface area (Å²) in [6, 6.07) is 16.5. The van der Waals surface area contributed by atoms with Crippen LogP contribution in [-0.4, -0.2) is 46.6 Å². The molecule has 1 aliphatic heterocycles. The predicted molar refractivity (Wildman–Crippen MR) is 130 cm³/mol. The van der Waals surface area contributed by atoms with Crippen LogP contribution in [0.3, 0.4) is 0 Å². The summed E-state index contributed by atoms with van der Waals surface area (Å²) >= 11 is 0. The first-order chi connectivity index (χ1) is 16.8. The maximum Gasteiger partial charge on any atom is 0.269 e. The van der Waals surface area contributed by atoms with Crippen LogP contribution in [0.5, 0.6) is 11.5 Å². The third kappa shape index (κ3) is 4.50. The van der Waals surface area contributed by atoms with E-state index in [0.29, 0.717) is 23.5 Å². The minimum atomic E-state index is -4.00. The number of nitro benzene ring substituents is 1. The van der Waals surface area contributed by atoms with Gasteiger partial charge >= 0.3 is 0 Å². The second-order valence-electron chi connectivity index (χ2n) is 7.70. The lowest BCUT2D eigenvalue weighted by Crippen LogP contribution is -2.31. The van der Waals surface area contributed by atoms with Gasteiger partial charge in [-0.1, -0.05) is 12.1 Å². The highest BCUT2D eigenvalue weighted by Crippen LogP contribution is 2.38. The fraction of sp³-hybridized carbons (Fsp3) is 0.208. The van der Waals surface area contributed by atoms with Crippen molar-refractivity contribution in [2.24, 2.45) is 0 Å². The van der Waals surface area contributed by atoms with Crippen molar-refractivity contribution in [1.29, 1.82) is 0 Å². The maximum absolute atomic E-state index is 13.7. The number of methoxy groups -OCH3 is 2. The standard InChI is InChI=1S/C24H23N3O7S/c1-33-22-13-12-19(16-23(22)34-2)35(31,32)26-15-5-14-25(20-6-3-4-7-21(20)26)24(28)17-8-10-18(11-9-17)27(29)30/h3-4,6-13,16H,5,14-15H2,1-2H3. The van der Waals surface area contributed by atoms with E-state index in [0.717, 1.165) is 0 Å². The van der Waals surface area contributed by atoms with Crippen molar-refractivity contribution in [2.75, 3.05) is 36.5 Å². The molecule has 0 fully saturated rings. The minimum Gasteiger partial charge on any atom is -0.493 e. The number of non-ortho nitro benzene ring substituents is 1. The van der Waals surface area contributed by atoms with Gasteiger partial charge < -0.3 is 14.4 Å². The number of amides is 1. The predicted octanol–water partition coefficient (Wildman–Crippen LogP) is 3.86. The topological polar surface area (TPSA) is 119 Å². The Morgan fingerprint density at radius 1 is 0.914 bits per heavy atom. The number of fused-ring (bicyclic) bond motifs is 1. The summed E-state index contributed by atoms with van der Waals surface area (Å²) in [6.07, 6.45) is 0.375. The van der Waals surface area contributed by atoms with Crippen LogP contribution in [0.25, 0.3) is 0 Å². The fourth-order valence-corrected chi connectivity index (χ4v) is 5.50. The van der Waals surface area contributed by atoms with E-state index in [9.17, 15) is 23.3 Å². The first kappa shape index (κ1) is 24.0. The number of hydrogen-bond acceptors (Lipinski definition) is 7. The highest BCUT2D eigenvalue weighted by Gasteiger charge is 2.33. The van der Waals surface area contributed by atoms with Gasteiger partial charge in [0.25, 0.3) is 21.6 Å². The number of benzene rings is 3. The molecule has 0 aromatic heterocycles. The van der Waals surface area contributed by atoms with Gasteiger partial charge in [-0.2, -0.15) is 0 Å². The number of carbonyl (C=O) groups is 1. The molecule has 11 heteroatoms. The highest BCUT2D eigenvalue weighted by molar-refractivity contribution is 7.92. The molecular formula is C24H23N3O7S. The van der Waals surface area contributed by atoms with Crippen molar-refractivity contribution >= 4 is 33.0 Å². The third-order valence-corrected chi connectivity index (χ3v) is 7.51. The molecule has 35 heavy (non-hydrogen) atoms. The molecule has 182 valence electrons. The van der Waals surface area contributed by atoms with E-state index in [1.807, 2.05) is 0 Å². The molecule has 4 rings (SSSR count). The molecule has 0 bridgehead atoms. The van der Waals surface area contributed by atoms with E-state index in [2.05, 4.69) is 0 Å². The van der Waals surface area contributed by atoms with Crippen LogP contribution in [0.15, 0.2) is 71.6 Å². The fourth-order valence-electron chi connectivity index (χ4n) is 3.96.